The molecular weight excluding hydrogens is 344 g/mol. The van der Waals surface area contributed by atoms with E-state index in [1.807, 2.05) is 36.4 Å². The number of ether oxygens (including phenoxy) is 2. The SMILES string of the molecule is NC(=O)COc1ccc2c(c1)OC1(CCNCC1)CC2c1cccc(O)c1. The summed E-state index contributed by atoms with van der Waals surface area (Å²) in [6, 6.07) is 13.1. The average Bonchev–Trinajstić information content (AvgIpc) is 2.66. The van der Waals surface area contributed by atoms with Crippen LogP contribution >= 0.6 is 0 Å². The highest BCUT2D eigenvalue weighted by Gasteiger charge is 2.42. The Kier molecular flexibility index (Phi) is 4.66. The molecule has 0 saturated carbocycles. The van der Waals surface area contributed by atoms with Crippen LogP contribution in [0.25, 0.3) is 0 Å². The maximum Gasteiger partial charge on any atom is 0.255 e. The Morgan fingerprint density at radius 3 is 2.81 bits per heavy atom. The maximum atomic E-state index is 11.0. The summed E-state index contributed by atoms with van der Waals surface area (Å²) < 4.78 is 12.0. The molecule has 0 aliphatic carbocycles. The second kappa shape index (κ2) is 7.12. The van der Waals surface area contributed by atoms with E-state index in [4.69, 9.17) is 15.2 Å². The first-order valence-corrected chi connectivity index (χ1v) is 9.28. The van der Waals surface area contributed by atoms with Gasteiger partial charge in [0.2, 0.25) is 0 Å². The molecule has 1 fully saturated rings. The van der Waals surface area contributed by atoms with Crippen molar-refractivity contribution < 1.29 is 19.4 Å². The molecule has 1 saturated heterocycles. The molecule has 1 spiro atoms. The number of benzene rings is 2. The number of nitrogens with two attached hydrogens (primary N) is 1. The summed E-state index contributed by atoms with van der Waals surface area (Å²) in [6.07, 6.45) is 2.72. The minimum Gasteiger partial charge on any atom is -0.508 e. The lowest BCUT2D eigenvalue weighted by molar-refractivity contribution is -0.119. The molecule has 0 aromatic heterocycles. The minimum atomic E-state index is -0.513. The van der Waals surface area contributed by atoms with Crippen LogP contribution in [-0.2, 0) is 4.79 Å². The van der Waals surface area contributed by atoms with Gasteiger partial charge in [-0.15, -0.1) is 0 Å². The van der Waals surface area contributed by atoms with E-state index in [2.05, 4.69) is 5.32 Å². The van der Waals surface area contributed by atoms with Gasteiger partial charge in [-0.1, -0.05) is 18.2 Å². The number of phenolic OH excluding ortho intramolecular Hbond substituents is 1. The number of nitrogens with one attached hydrogen (secondary N) is 1. The highest BCUT2D eigenvalue weighted by atomic mass is 16.5. The third-order valence-electron chi connectivity index (χ3n) is 5.43. The van der Waals surface area contributed by atoms with Crippen LogP contribution in [0.4, 0.5) is 0 Å². The Labute approximate surface area is 158 Å². The number of piperidine rings is 1. The van der Waals surface area contributed by atoms with Crippen LogP contribution in [0.2, 0.25) is 0 Å². The number of hydrogen-bond acceptors (Lipinski definition) is 5. The molecule has 2 aliphatic rings. The van der Waals surface area contributed by atoms with E-state index in [0.29, 0.717) is 5.75 Å². The first kappa shape index (κ1) is 17.7. The summed E-state index contributed by atoms with van der Waals surface area (Å²) in [5.74, 6) is 1.22. The number of fused-ring (bicyclic) bond motifs is 1. The molecular formula is C21H24N2O4. The lowest BCUT2D eigenvalue weighted by Crippen LogP contribution is -2.49. The van der Waals surface area contributed by atoms with Gasteiger partial charge in [0, 0.05) is 17.5 Å². The number of carbonyl (C=O) groups excluding carboxylic acids is 1. The fourth-order valence-electron chi connectivity index (χ4n) is 4.12. The van der Waals surface area contributed by atoms with E-state index >= 15 is 0 Å². The minimum absolute atomic E-state index is 0.129. The molecule has 6 heteroatoms. The zero-order chi connectivity index (χ0) is 18.9. The van der Waals surface area contributed by atoms with E-state index in [1.54, 1.807) is 6.07 Å². The first-order valence-electron chi connectivity index (χ1n) is 9.28. The number of phenols is 1. The molecule has 0 bridgehead atoms. The van der Waals surface area contributed by atoms with Crippen molar-refractivity contribution in [3.63, 3.8) is 0 Å². The largest absolute Gasteiger partial charge is 0.508 e. The topological polar surface area (TPSA) is 93.8 Å². The number of aromatic hydroxyl groups is 1. The second-order valence-corrected chi connectivity index (χ2v) is 7.34. The zero-order valence-electron chi connectivity index (χ0n) is 15.1. The van der Waals surface area contributed by atoms with Crippen molar-refractivity contribution in [1.29, 1.82) is 0 Å². The van der Waals surface area contributed by atoms with Crippen molar-refractivity contribution in [2.24, 2.45) is 5.73 Å². The van der Waals surface area contributed by atoms with E-state index in [9.17, 15) is 9.90 Å². The van der Waals surface area contributed by atoms with E-state index < -0.39 is 5.91 Å². The predicted molar refractivity (Wildman–Crippen MR) is 101 cm³/mol. The Hall–Kier alpha value is -2.73. The molecule has 2 heterocycles. The summed E-state index contributed by atoms with van der Waals surface area (Å²) in [4.78, 5) is 11.0. The van der Waals surface area contributed by atoms with Crippen molar-refractivity contribution in [3.8, 4) is 17.2 Å². The lowest BCUT2D eigenvalue weighted by Gasteiger charge is -2.45. The van der Waals surface area contributed by atoms with E-state index in [0.717, 1.165) is 49.2 Å². The van der Waals surface area contributed by atoms with Gasteiger partial charge in [-0.25, -0.2) is 0 Å². The predicted octanol–water partition coefficient (Wildman–Crippen LogP) is 2.29. The van der Waals surface area contributed by atoms with Crippen molar-refractivity contribution in [2.75, 3.05) is 19.7 Å². The van der Waals surface area contributed by atoms with Crippen molar-refractivity contribution >= 4 is 5.91 Å². The summed E-state index contributed by atoms with van der Waals surface area (Å²) in [7, 11) is 0. The second-order valence-electron chi connectivity index (χ2n) is 7.34. The number of amides is 1. The van der Waals surface area contributed by atoms with Crippen LogP contribution in [0.3, 0.4) is 0 Å². The van der Waals surface area contributed by atoms with Gasteiger partial charge in [0.1, 0.15) is 22.8 Å². The fourth-order valence-corrected chi connectivity index (χ4v) is 4.12. The Bertz CT molecular complexity index is 846. The highest BCUT2D eigenvalue weighted by molar-refractivity contribution is 5.75. The third kappa shape index (κ3) is 3.71. The quantitative estimate of drug-likeness (QED) is 0.770. The molecule has 4 N–H and O–H groups in total. The van der Waals surface area contributed by atoms with Gasteiger partial charge in [-0.3, -0.25) is 4.79 Å². The van der Waals surface area contributed by atoms with Crippen molar-refractivity contribution in [3.05, 3.63) is 53.6 Å². The molecule has 6 nitrogen and oxygen atoms in total. The number of carbonyl (C=O) groups is 1. The third-order valence-corrected chi connectivity index (χ3v) is 5.43. The average molecular weight is 368 g/mol. The zero-order valence-corrected chi connectivity index (χ0v) is 15.1. The number of hydrogen-bond donors (Lipinski definition) is 3. The highest BCUT2D eigenvalue weighted by Crippen LogP contribution is 2.48. The monoisotopic (exact) mass is 368 g/mol. The van der Waals surface area contributed by atoms with Gasteiger partial charge in [-0.2, -0.15) is 0 Å². The summed E-state index contributed by atoms with van der Waals surface area (Å²) in [5, 5.41) is 13.3. The van der Waals surface area contributed by atoms with Crippen LogP contribution in [-0.4, -0.2) is 36.3 Å². The standard InChI is InChI=1S/C21H24N2O4/c22-20(25)13-26-16-4-5-17-18(14-2-1-3-15(24)10-14)12-21(27-19(17)11-16)6-8-23-9-7-21/h1-5,10-11,18,23-24H,6-9,12-13H2,(H2,22,25). The van der Waals surface area contributed by atoms with Crippen LogP contribution in [0.1, 0.15) is 36.3 Å². The molecule has 4 rings (SSSR count). The van der Waals surface area contributed by atoms with Crippen molar-refractivity contribution in [1.82, 2.24) is 5.32 Å². The van der Waals surface area contributed by atoms with Gasteiger partial charge >= 0.3 is 0 Å². The fraction of sp³-hybridized carbons (Fsp3) is 0.381. The summed E-state index contributed by atoms with van der Waals surface area (Å²) in [6.45, 7) is 1.67. The molecule has 27 heavy (non-hydrogen) atoms. The maximum absolute atomic E-state index is 11.0. The van der Waals surface area contributed by atoms with Crippen LogP contribution in [0.5, 0.6) is 17.2 Å². The number of primary amides is 1. The Morgan fingerprint density at radius 2 is 2.07 bits per heavy atom. The van der Waals surface area contributed by atoms with Gasteiger partial charge in [0.05, 0.1) is 0 Å². The molecule has 2 aromatic carbocycles. The van der Waals surface area contributed by atoms with Gasteiger partial charge in [-0.05, 0) is 56.1 Å². The van der Waals surface area contributed by atoms with Crippen molar-refractivity contribution in [2.45, 2.75) is 30.8 Å². The molecule has 1 atom stereocenters. The molecule has 1 unspecified atom stereocenters. The lowest BCUT2D eigenvalue weighted by atomic mass is 9.75. The van der Waals surface area contributed by atoms with Crippen LogP contribution < -0.4 is 20.5 Å². The Balaban J connectivity index is 1.72. The van der Waals surface area contributed by atoms with Crippen LogP contribution in [0, 0.1) is 0 Å². The van der Waals surface area contributed by atoms with E-state index in [1.165, 1.54) is 0 Å². The Morgan fingerprint density at radius 1 is 1.26 bits per heavy atom. The molecule has 1 amide bonds. The molecule has 0 radical (unpaired) electrons. The first-order chi connectivity index (χ1) is 13.0. The van der Waals surface area contributed by atoms with E-state index in [-0.39, 0.29) is 23.9 Å². The van der Waals surface area contributed by atoms with Crippen LogP contribution in [0.15, 0.2) is 42.5 Å². The van der Waals surface area contributed by atoms with Gasteiger partial charge in [0.15, 0.2) is 6.61 Å². The molecule has 2 aromatic rings. The molecule has 2 aliphatic heterocycles. The molecule has 142 valence electrons. The number of rotatable bonds is 4. The van der Waals surface area contributed by atoms with Gasteiger partial charge in [0.25, 0.3) is 5.91 Å². The summed E-state index contributed by atoms with van der Waals surface area (Å²) in [5.41, 5.74) is 7.08. The smallest absolute Gasteiger partial charge is 0.255 e. The summed E-state index contributed by atoms with van der Waals surface area (Å²) >= 11 is 0. The normalized spacial score (nSPS) is 20.5. The van der Waals surface area contributed by atoms with Gasteiger partial charge < -0.3 is 25.6 Å².